The first-order valence-electron chi connectivity index (χ1n) is 9.07. The van der Waals surface area contributed by atoms with E-state index in [-0.39, 0.29) is 18.1 Å². The number of amides is 1. The van der Waals surface area contributed by atoms with Gasteiger partial charge in [-0.15, -0.1) is 0 Å². The van der Waals surface area contributed by atoms with Crippen LogP contribution in [0.5, 0.6) is 0 Å². The van der Waals surface area contributed by atoms with Gasteiger partial charge in [-0.2, -0.15) is 5.10 Å². The van der Waals surface area contributed by atoms with Crippen LogP contribution in [0.3, 0.4) is 0 Å². The van der Waals surface area contributed by atoms with Crippen molar-refractivity contribution in [3.8, 4) is 0 Å². The quantitative estimate of drug-likeness (QED) is 0.789. The Morgan fingerprint density at radius 2 is 1.96 bits per heavy atom. The summed E-state index contributed by atoms with van der Waals surface area (Å²) < 4.78 is 6.61. The molecular formula is C19H23BrN4O2. The third kappa shape index (κ3) is 3.50. The zero-order chi connectivity index (χ0) is 18.3. The Balaban J connectivity index is 1.56. The van der Waals surface area contributed by atoms with Gasteiger partial charge in [0, 0.05) is 19.0 Å². The van der Waals surface area contributed by atoms with Crippen molar-refractivity contribution in [3.05, 3.63) is 40.1 Å². The van der Waals surface area contributed by atoms with Crippen LogP contribution in [0, 0.1) is 0 Å². The number of halogens is 1. The molecular weight excluding hydrogens is 396 g/mol. The maximum atomic E-state index is 12.8. The Labute approximate surface area is 161 Å². The van der Waals surface area contributed by atoms with E-state index in [1.807, 2.05) is 24.3 Å². The monoisotopic (exact) mass is 418 g/mol. The molecule has 2 atom stereocenters. The van der Waals surface area contributed by atoms with Gasteiger partial charge in [0.1, 0.15) is 0 Å². The summed E-state index contributed by atoms with van der Waals surface area (Å²) in [5, 5.41) is 10.3. The highest BCUT2D eigenvalue weighted by molar-refractivity contribution is 9.10. The minimum atomic E-state index is -0.207. The predicted octanol–water partition coefficient (Wildman–Crippen LogP) is 3.92. The van der Waals surface area contributed by atoms with Crippen molar-refractivity contribution in [1.82, 2.24) is 10.2 Å². The molecule has 1 saturated carbocycles. The fourth-order valence-electron chi connectivity index (χ4n) is 3.55. The van der Waals surface area contributed by atoms with Crippen molar-refractivity contribution >= 4 is 33.2 Å². The first-order chi connectivity index (χ1) is 12.5. The van der Waals surface area contributed by atoms with Crippen molar-refractivity contribution in [1.29, 1.82) is 0 Å². The summed E-state index contributed by atoms with van der Waals surface area (Å²) in [4.78, 5) is 15.1. The van der Waals surface area contributed by atoms with Crippen molar-refractivity contribution < 1.29 is 9.53 Å². The van der Waals surface area contributed by atoms with Gasteiger partial charge < -0.3 is 15.0 Å². The Morgan fingerprint density at radius 3 is 2.65 bits per heavy atom. The normalized spacial score (nSPS) is 23.1. The molecule has 2 aromatic rings. The number of aromatic nitrogens is 2. The Bertz CT molecular complexity index is 808. The fraction of sp³-hybridized carbons (Fsp3) is 0.474. The van der Waals surface area contributed by atoms with E-state index in [1.54, 1.807) is 0 Å². The van der Waals surface area contributed by atoms with E-state index in [0.717, 1.165) is 47.5 Å². The highest BCUT2D eigenvalue weighted by Crippen LogP contribution is 2.43. The molecule has 0 radical (unpaired) electrons. The van der Waals surface area contributed by atoms with Crippen LogP contribution in [-0.4, -0.2) is 41.4 Å². The molecule has 2 fully saturated rings. The second-order valence-electron chi connectivity index (χ2n) is 7.21. The van der Waals surface area contributed by atoms with Gasteiger partial charge in [-0.3, -0.25) is 9.89 Å². The Kier molecular flexibility index (Phi) is 4.75. The van der Waals surface area contributed by atoms with Crippen molar-refractivity contribution in [2.45, 2.75) is 44.8 Å². The zero-order valence-corrected chi connectivity index (χ0v) is 16.5. The van der Waals surface area contributed by atoms with Gasteiger partial charge >= 0.3 is 0 Å². The number of carbonyl (C=O) groups is 1. The summed E-state index contributed by atoms with van der Waals surface area (Å²) in [7, 11) is 0. The standard InChI is InChI=1S/C19H23BrN4O2/c1-11-9-24(10-12(2)26-11)15-6-4-3-5-14(15)21-19(25)18-16(20)17(22-23-18)13-7-8-13/h3-6,11-13H,7-10H2,1-2H3,(H,21,25)(H,22,23)/t11-,12-/m1/s1. The summed E-state index contributed by atoms with van der Waals surface area (Å²) in [5.41, 5.74) is 3.24. The summed E-state index contributed by atoms with van der Waals surface area (Å²) in [6.45, 7) is 5.75. The van der Waals surface area contributed by atoms with E-state index in [1.165, 1.54) is 0 Å². The van der Waals surface area contributed by atoms with Gasteiger partial charge in [-0.25, -0.2) is 0 Å². The number of para-hydroxylation sites is 2. The average molecular weight is 419 g/mol. The summed E-state index contributed by atoms with van der Waals surface area (Å²) in [6.07, 6.45) is 2.61. The van der Waals surface area contributed by atoms with Gasteiger partial charge in [0.25, 0.3) is 5.91 Å². The van der Waals surface area contributed by atoms with Crippen LogP contribution >= 0.6 is 15.9 Å². The SMILES string of the molecule is C[C@@H]1CN(c2ccccc2NC(=O)c2n[nH]c(C3CC3)c2Br)C[C@@H](C)O1. The second-order valence-corrected chi connectivity index (χ2v) is 8.00. The van der Waals surface area contributed by atoms with Gasteiger partial charge in [-0.1, -0.05) is 12.1 Å². The Morgan fingerprint density at radius 1 is 1.27 bits per heavy atom. The lowest BCUT2D eigenvalue weighted by Crippen LogP contribution is -2.45. The molecule has 2 heterocycles. The van der Waals surface area contributed by atoms with Gasteiger partial charge in [-0.05, 0) is 54.8 Å². The molecule has 1 aromatic carbocycles. The minimum Gasteiger partial charge on any atom is -0.372 e. The van der Waals surface area contributed by atoms with Crippen molar-refractivity contribution in [3.63, 3.8) is 0 Å². The molecule has 6 nitrogen and oxygen atoms in total. The molecule has 1 aliphatic heterocycles. The fourth-order valence-corrected chi connectivity index (χ4v) is 4.23. The molecule has 1 aliphatic carbocycles. The predicted molar refractivity (Wildman–Crippen MR) is 105 cm³/mol. The molecule has 26 heavy (non-hydrogen) atoms. The van der Waals surface area contributed by atoms with Crippen LogP contribution < -0.4 is 10.2 Å². The molecule has 2 N–H and O–H groups in total. The highest BCUT2D eigenvalue weighted by Gasteiger charge is 2.31. The van der Waals surface area contributed by atoms with Crippen LogP contribution in [0.15, 0.2) is 28.7 Å². The molecule has 138 valence electrons. The number of benzene rings is 1. The molecule has 1 saturated heterocycles. The lowest BCUT2D eigenvalue weighted by atomic mass is 10.1. The number of rotatable bonds is 4. The smallest absolute Gasteiger partial charge is 0.277 e. The number of hydrogen-bond acceptors (Lipinski definition) is 4. The van der Waals surface area contributed by atoms with E-state index < -0.39 is 0 Å². The number of carbonyl (C=O) groups excluding carboxylic acids is 1. The van der Waals surface area contributed by atoms with Crippen LogP contribution in [0.25, 0.3) is 0 Å². The van der Waals surface area contributed by atoms with Crippen LogP contribution in [0.1, 0.15) is 48.8 Å². The lowest BCUT2D eigenvalue weighted by molar-refractivity contribution is -0.00517. The van der Waals surface area contributed by atoms with Crippen LogP contribution in [0.2, 0.25) is 0 Å². The number of ether oxygens (including phenoxy) is 1. The number of H-pyrrole nitrogens is 1. The molecule has 7 heteroatoms. The molecule has 0 spiro atoms. The van der Waals surface area contributed by atoms with Gasteiger partial charge in [0.15, 0.2) is 5.69 Å². The van der Waals surface area contributed by atoms with E-state index in [4.69, 9.17) is 4.74 Å². The molecule has 0 unspecified atom stereocenters. The molecule has 0 bridgehead atoms. The third-order valence-electron chi connectivity index (χ3n) is 4.85. The first-order valence-corrected chi connectivity index (χ1v) is 9.86. The van der Waals surface area contributed by atoms with E-state index in [9.17, 15) is 4.79 Å². The summed E-state index contributed by atoms with van der Waals surface area (Å²) in [6, 6.07) is 7.89. The number of nitrogens with zero attached hydrogens (tertiary/aromatic N) is 2. The number of nitrogens with one attached hydrogen (secondary N) is 2. The molecule has 1 aromatic heterocycles. The average Bonchev–Trinajstić information content (AvgIpc) is 3.36. The summed E-state index contributed by atoms with van der Waals surface area (Å²) >= 11 is 3.54. The van der Waals surface area contributed by atoms with Crippen molar-refractivity contribution in [2.75, 3.05) is 23.3 Å². The van der Waals surface area contributed by atoms with Crippen LogP contribution in [-0.2, 0) is 4.74 Å². The maximum Gasteiger partial charge on any atom is 0.277 e. The number of hydrogen-bond donors (Lipinski definition) is 2. The van der Waals surface area contributed by atoms with Crippen molar-refractivity contribution in [2.24, 2.45) is 0 Å². The maximum absolute atomic E-state index is 12.8. The number of aromatic amines is 1. The van der Waals surface area contributed by atoms with Gasteiger partial charge in [0.05, 0.1) is 33.7 Å². The Hall–Kier alpha value is -1.86. The first kappa shape index (κ1) is 17.5. The minimum absolute atomic E-state index is 0.157. The number of morpholine rings is 1. The summed E-state index contributed by atoms with van der Waals surface area (Å²) in [5.74, 6) is 0.295. The zero-order valence-electron chi connectivity index (χ0n) is 15.0. The van der Waals surface area contributed by atoms with E-state index >= 15 is 0 Å². The molecule has 4 rings (SSSR count). The molecule has 2 aliphatic rings. The lowest BCUT2D eigenvalue weighted by Gasteiger charge is -2.37. The highest BCUT2D eigenvalue weighted by atomic mass is 79.9. The third-order valence-corrected chi connectivity index (χ3v) is 5.65. The van der Waals surface area contributed by atoms with E-state index in [0.29, 0.717) is 11.6 Å². The largest absolute Gasteiger partial charge is 0.372 e. The second kappa shape index (κ2) is 7.04. The molecule has 1 amide bonds. The number of anilines is 2. The topological polar surface area (TPSA) is 70.2 Å². The van der Waals surface area contributed by atoms with Gasteiger partial charge in [0.2, 0.25) is 0 Å². The van der Waals surface area contributed by atoms with Crippen LogP contribution in [0.4, 0.5) is 11.4 Å². The van der Waals surface area contributed by atoms with E-state index in [2.05, 4.69) is 50.2 Å².